The second-order valence-electron chi connectivity index (χ2n) is 4.82. The standard InChI is InChI=1S/C11H16F3NO2/c12-11(13,14)10(5-6-15-7-10)9(16)17-8-3-1-2-4-8/h8,15H,1-7H2. The molecule has 1 unspecified atom stereocenters. The van der Waals surface area contributed by atoms with Crippen LogP contribution in [0.4, 0.5) is 13.2 Å². The molecule has 0 aromatic carbocycles. The van der Waals surface area contributed by atoms with Crippen molar-refractivity contribution in [1.29, 1.82) is 0 Å². The molecule has 0 spiro atoms. The van der Waals surface area contributed by atoms with Crippen LogP contribution >= 0.6 is 0 Å². The van der Waals surface area contributed by atoms with E-state index in [9.17, 15) is 18.0 Å². The van der Waals surface area contributed by atoms with Gasteiger partial charge in [-0.3, -0.25) is 4.79 Å². The molecule has 0 radical (unpaired) electrons. The topological polar surface area (TPSA) is 38.3 Å². The molecule has 1 saturated heterocycles. The van der Waals surface area contributed by atoms with Gasteiger partial charge in [-0.1, -0.05) is 0 Å². The van der Waals surface area contributed by atoms with Gasteiger partial charge in [-0.05, 0) is 38.6 Å². The lowest BCUT2D eigenvalue weighted by molar-refractivity contribution is -0.231. The van der Waals surface area contributed by atoms with E-state index in [1.807, 2.05) is 0 Å². The first-order valence-corrected chi connectivity index (χ1v) is 5.94. The average Bonchev–Trinajstić information content (AvgIpc) is 2.85. The van der Waals surface area contributed by atoms with E-state index in [-0.39, 0.29) is 25.6 Å². The Bertz CT molecular complexity index is 292. The predicted molar refractivity (Wildman–Crippen MR) is 54.3 cm³/mol. The monoisotopic (exact) mass is 251 g/mol. The van der Waals surface area contributed by atoms with Crippen LogP contribution in [0.1, 0.15) is 32.1 Å². The normalized spacial score (nSPS) is 30.8. The second kappa shape index (κ2) is 4.48. The van der Waals surface area contributed by atoms with E-state index in [2.05, 4.69) is 5.32 Å². The minimum atomic E-state index is -4.54. The van der Waals surface area contributed by atoms with Gasteiger partial charge in [0.25, 0.3) is 0 Å². The highest BCUT2D eigenvalue weighted by atomic mass is 19.4. The number of alkyl halides is 3. The van der Waals surface area contributed by atoms with Crippen molar-refractivity contribution in [3.8, 4) is 0 Å². The molecule has 0 aromatic heterocycles. The van der Waals surface area contributed by atoms with Crippen LogP contribution in [0.2, 0.25) is 0 Å². The number of carbonyl (C=O) groups excluding carboxylic acids is 1. The molecule has 0 amide bonds. The number of nitrogens with one attached hydrogen (secondary N) is 1. The molecule has 17 heavy (non-hydrogen) atoms. The number of halogens is 3. The molecular weight excluding hydrogens is 235 g/mol. The molecule has 2 aliphatic rings. The lowest BCUT2D eigenvalue weighted by Crippen LogP contribution is -2.48. The predicted octanol–water partition coefficient (Wildman–Crippen LogP) is 2.01. The molecule has 6 heteroatoms. The smallest absolute Gasteiger partial charge is 0.406 e. The van der Waals surface area contributed by atoms with Crippen LogP contribution in [-0.4, -0.2) is 31.3 Å². The minimum Gasteiger partial charge on any atom is -0.462 e. The number of hydrogen-bond acceptors (Lipinski definition) is 3. The summed E-state index contributed by atoms with van der Waals surface area (Å²) in [6.07, 6.45) is -1.85. The van der Waals surface area contributed by atoms with Crippen LogP contribution in [0.3, 0.4) is 0 Å². The van der Waals surface area contributed by atoms with Gasteiger partial charge in [0.15, 0.2) is 5.41 Å². The van der Waals surface area contributed by atoms with Crippen LogP contribution in [-0.2, 0) is 9.53 Å². The SMILES string of the molecule is O=C(OC1CCCC1)C1(C(F)(F)F)CCNC1. The zero-order chi connectivity index (χ0) is 12.5. The lowest BCUT2D eigenvalue weighted by atomic mass is 9.86. The molecule has 0 bridgehead atoms. The summed E-state index contributed by atoms with van der Waals surface area (Å²) >= 11 is 0. The Kier molecular flexibility index (Phi) is 3.34. The fourth-order valence-corrected chi connectivity index (χ4v) is 2.49. The van der Waals surface area contributed by atoms with E-state index in [0.717, 1.165) is 12.8 Å². The van der Waals surface area contributed by atoms with Crippen molar-refractivity contribution in [2.75, 3.05) is 13.1 Å². The van der Waals surface area contributed by atoms with Crippen LogP contribution in [0.25, 0.3) is 0 Å². The Labute approximate surface area is 97.7 Å². The zero-order valence-electron chi connectivity index (χ0n) is 9.48. The fourth-order valence-electron chi connectivity index (χ4n) is 2.49. The summed E-state index contributed by atoms with van der Waals surface area (Å²) in [6.45, 7) is -0.151. The number of esters is 1. The summed E-state index contributed by atoms with van der Waals surface area (Å²) in [6, 6.07) is 0. The van der Waals surface area contributed by atoms with Gasteiger partial charge in [0, 0.05) is 6.54 Å². The highest BCUT2D eigenvalue weighted by Gasteiger charge is 2.62. The van der Waals surface area contributed by atoms with Crippen LogP contribution in [0, 0.1) is 5.41 Å². The molecule has 1 N–H and O–H groups in total. The molecule has 3 nitrogen and oxygen atoms in total. The van der Waals surface area contributed by atoms with E-state index in [4.69, 9.17) is 4.74 Å². The van der Waals surface area contributed by atoms with Crippen molar-refractivity contribution in [3.05, 3.63) is 0 Å². The van der Waals surface area contributed by atoms with Crippen molar-refractivity contribution >= 4 is 5.97 Å². The van der Waals surface area contributed by atoms with Crippen molar-refractivity contribution in [2.45, 2.75) is 44.4 Å². The molecule has 1 heterocycles. The first-order chi connectivity index (χ1) is 7.96. The molecule has 98 valence electrons. The van der Waals surface area contributed by atoms with Gasteiger partial charge >= 0.3 is 12.1 Å². The van der Waals surface area contributed by atoms with Crippen LogP contribution in [0.5, 0.6) is 0 Å². The number of carbonyl (C=O) groups is 1. The summed E-state index contributed by atoms with van der Waals surface area (Å²) in [4.78, 5) is 11.8. The average molecular weight is 251 g/mol. The summed E-state index contributed by atoms with van der Waals surface area (Å²) in [5.74, 6) is -1.10. The summed E-state index contributed by atoms with van der Waals surface area (Å²) in [5.41, 5.74) is -2.32. The van der Waals surface area contributed by atoms with Gasteiger partial charge < -0.3 is 10.1 Å². The number of ether oxygens (including phenoxy) is 1. The Hall–Kier alpha value is -0.780. The van der Waals surface area contributed by atoms with E-state index in [0.29, 0.717) is 12.8 Å². The van der Waals surface area contributed by atoms with Crippen LogP contribution in [0.15, 0.2) is 0 Å². The maximum atomic E-state index is 13.0. The van der Waals surface area contributed by atoms with Gasteiger partial charge in [-0.2, -0.15) is 13.2 Å². The highest BCUT2D eigenvalue weighted by molar-refractivity contribution is 5.79. The third kappa shape index (κ3) is 2.27. The van der Waals surface area contributed by atoms with Crippen molar-refractivity contribution < 1.29 is 22.7 Å². The van der Waals surface area contributed by atoms with E-state index in [1.54, 1.807) is 0 Å². The van der Waals surface area contributed by atoms with Gasteiger partial charge in [0.2, 0.25) is 0 Å². The van der Waals surface area contributed by atoms with Gasteiger partial charge in [-0.25, -0.2) is 0 Å². The Balaban J connectivity index is 2.08. The first kappa shape index (κ1) is 12.7. The number of hydrogen-bond donors (Lipinski definition) is 1. The minimum absolute atomic E-state index is 0.208. The molecule has 1 atom stereocenters. The molecule has 0 aromatic rings. The maximum Gasteiger partial charge on any atom is 0.406 e. The maximum absolute atomic E-state index is 13.0. The Morgan fingerprint density at radius 3 is 2.41 bits per heavy atom. The Morgan fingerprint density at radius 2 is 1.94 bits per heavy atom. The third-order valence-electron chi connectivity index (χ3n) is 3.66. The van der Waals surface area contributed by atoms with Gasteiger partial charge in [-0.15, -0.1) is 0 Å². The lowest BCUT2D eigenvalue weighted by Gasteiger charge is -2.29. The zero-order valence-corrected chi connectivity index (χ0v) is 9.48. The molecule has 1 aliphatic heterocycles. The first-order valence-electron chi connectivity index (χ1n) is 5.94. The largest absolute Gasteiger partial charge is 0.462 e. The van der Waals surface area contributed by atoms with Crippen molar-refractivity contribution in [2.24, 2.45) is 5.41 Å². The van der Waals surface area contributed by atoms with Crippen molar-refractivity contribution in [1.82, 2.24) is 5.32 Å². The van der Waals surface area contributed by atoms with E-state index in [1.165, 1.54) is 0 Å². The number of rotatable bonds is 2. The highest BCUT2D eigenvalue weighted by Crippen LogP contribution is 2.44. The quantitative estimate of drug-likeness (QED) is 0.763. The van der Waals surface area contributed by atoms with Gasteiger partial charge in [0.1, 0.15) is 6.10 Å². The summed E-state index contributed by atoms with van der Waals surface area (Å²) in [7, 11) is 0. The molecule has 2 rings (SSSR count). The molecule has 2 fully saturated rings. The second-order valence-corrected chi connectivity index (χ2v) is 4.82. The van der Waals surface area contributed by atoms with E-state index < -0.39 is 17.6 Å². The van der Waals surface area contributed by atoms with Crippen LogP contribution < -0.4 is 5.32 Å². The third-order valence-corrected chi connectivity index (χ3v) is 3.66. The summed E-state index contributed by atoms with van der Waals surface area (Å²) in [5, 5.41) is 2.60. The summed E-state index contributed by atoms with van der Waals surface area (Å²) < 4.78 is 44.0. The molecular formula is C11H16F3NO2. The van der Waals surface area contributed by atoms with Gasteiger partial charge in [0.05, 0.1) is 0 Å². The van der Waals surface area contributed by atoms with E-state index >= 15 is 0 Å². The molecule has 1 saturated carbocycles. The Morgan fingerprint density at radius 1 is 1.29 bits per heavy atom. The fraction of sp³-hybridized carbons (Fsp3) is 0.909. The van der Waals surface area contributed by atoms with Crippen molar-refractivity contribution in [3.63, 3.8) is 0 Å². The molecule has 1 aliphatic carbocycles.